The molecule has 3 rings (SSSR count). The van der Waals surface area contributed by atoms with Gasteiger partial charge in [-0.3, -0.25) is 4.98 Å². The van der Waals surface area contributed by atoms with Crippen LogP contribution >= 0.6 is 24.0 Å². The van der Waals surface area contributed by atoms with E-state index in [4.69, 9.17) is 4.99 Å². The Morgan fingerprint density at radius 2 is 1.81 bits per heavy atom. The molecule has 2 aromatic carbocycles. The number of aliphatic imine (C=N–C) groups is 1. The van der Waals surface area contributed by atoms with Gasteiger partial charge < -0.3 is 10.6 Å². The van der Waals surface area contributed by atoms with Crippen LogP contribution in [0.2, 0.25) is 0 Å². The van der Waals surface area contributed by atoms with Gasteiger partial charge in [-0.05, 0) is 31.0 Å². The normalized spacial score (nSPS) is 12.3. The smallest absolute Gasteiger partial charge is 0.192 e. The summed E-state index contributed by atoms with van der Waals surface area (Å²) in [5.41, 5.74) is 3.38. The number of nitrogens with zero attached hydrogens (tertiary/aromatic N) is 2. The summed E-state index contributed by atoms with van der Waals surface area (Å²) < 4.78 is 0. The maximum Gasteiger partial charge on any atom is 0.192 e. The van der Waals surface area contributed by atoms with Gasteiger partial charge in [-0.25, -0.2) is 4.99 Å². The van der Waals surface area contributed by atoms with Gasteiger partial charge in [0.1, 0.15) is 0 Å². The second-order valence-electron chi connectivity index (χ2n) is 5.96. The molecule has 1 atom stereocenters. The van der Waals surface area contributed by atoms with Crippen LogP contribution in [-0.4, -0.2) is 17.5 Å². The molecule has 0 spiro atoms. The first kappa shape index (κ1) is 20.2. The van der Waals surface area contributed by atoms with Gasteiger partial charge in [0.2, 0.25) is 0 Å². The topological polar surface area (TPSA) is 49.3 Å². The van der Waals surface area contributed by atoms with Crippen LogP contribution in [-0.2, 0) is 6.54 Å². The van der Waals surface area contributed by atoms with E-state index in [1.165, 1.54) is 5.56 Å². The van der Waals surface area contributed by atoms with Crippen LogP contribution in [0.5, 0.6) is 0 Å². The van der Waals surface area contributed by atoms with Crippen molar-refractivity contribution in [2.75, 3.05) is 6.54 Å². The fourth-order valence-corrected chi connectivity index (χ4v) is 2.81. The molecule has 0 aliphatic rings. The van der Waals surface area contributed by atoms with Gasteiger partial charge in [0.25, 0.3) is 0 Å². The van der Waals surface area contributed by atoms with Crippen LogP contribution in [0.15, 0.2) is 71.9 Å². The minimum absolute atomic E-state index is 0. The Balaban J connectivity index is 0.00000243. The lowest BCUT2D eigenvalue weighted by atomic mass is 10.1. The molecular formula is C21H25IN4. The fraction of sp³-hybridized carbons (Fsp3) is 0.238. The van der Waals surface area contributed by atoms with E-state index in [0.717, 1.165) is 29.0 Å². The van der Waals surface area contributed by atoms with Crippen molar-refractivity contribution in [1.82, 2.24) is 15.6 Å². The number of nitrogens with one attached hydrogen (secondary N) is 2. The average molecular weight is 460 g/mol. The molecule has 0 saturated heterocycles. The minimum atomic E-state index is 0. The fourth-order valence-electron chi connectivity index (χ4n) is 2.81. The quantitative estimate of drug-likeness (QED) is 0.331. The van der Waals surface area contributed by atoms with Crippen molar-refractivity contribution in [2.24, 2.45) is 4.99 Å². The standard InChI is InChI=1S/C21H24N4.HI/c1-3-22-21(25-16(2)17-9-5-4-6-10-17)24-15-19-12-7-11-18-13-8-14-23-20(18)19;/h4-14,16H,3,15H2,1-2H3,(H2,22,24,25);1H. The molecule has 26 heavy (non-hydrogen) atoms. The highest BCUT2D eigenvalue weighted by molar-refractivity contribution is 14.0. The number of halogens is 1. The predicted molar refractivity (Wildman–Crippen MR) is 120 cm³/mol. The Hall–Kier alpha value is -2.15. The first-order valence-corrected chi connectivity index (χ1v) is 8.70. The lowest BCUT2D eigenvalue weighted by molar-refractivity contribution is 0.686. The van der Waals surface area contributed by atoms with Crippen molar-refractivity contribution in [2.45, 2.75) is 26.4 Å². The molecule has 3 aromatic rings. The number of fused-ring (bicyclic) bond motifs is 1. The minimum Gasteiger partial charge on any atom is -0.357 e. The molecular weight excluding hydrogens is 435 g/mol. The van der Waals surface area contributed by atoms with E-state index < -0.39 is 0 Å². The molecule has 136 valence electrons. The zero-order chi connectivity index (χ0) is 17.5. The van der Waals surface area contributed by atoms with E-state index in [1.54, 1.807) is 0 Å². The summed E-state index contributed by atoms with van der Waals surface area (Å²) in [6.45, 7) is 5.62. The average Bonchev–Trinajstić information content (AvgIpc) is 2.67. The van der Waals surface area contributed by atoms with Gasteiger partial charge in [0, 0.05) is 18.1 Å². The van der Waals surface area contributed by atoms with Gasteiger partial charge in [-0.2, -0.15) is 0 Å². The molecule has 0 saturated carbocycles. The van der Waals surface area contributed by atoms with Crippen LogP contribution in [0.25, 0.3) is 10.9 Å². The lowest BCUT2D eigenvalue weighted by Crippen LogP contribution is -2.38. The van der Waals surface area contributed by atoms with Gasteiger partial charge >= 0.3 is 0 Å². The Labute approximate surface area is 172 Å². The summed E-state index contributed by atoms with van der Waals surface area (Å²) in [6, 6.07) is 20.8. The van der Waals surface area contributed by atoms with Gasteiger partial charge in [0.05, 0.1) is 18.1 Å². The summed E-state index contributed by atoms with van der Waals surface area (Å²) in [4.78, 5) is 9.26. The molecule has 0 fully saturated rings. The van der Waals surface area contributed by atoms with Gasteiger partial charge in [0.15, 0.2) is 5.96 Å². The molecule has 0 amide bonds. The number of hydrogen-bond donors (Lipinski definition) is 2. The van der Waals surface area contributed by atoms with Crippen LogP contribution in [0.1, 0.15) is 31.0 Å². The number of rotatable bonds is 5. The highest BCUT2D eigenvalue weighted by atomic mass is 127. The van der Waals surface area contributed by atoms with Crippen LogP contribution in [0.3, 0.4) is 0 Å². The third-order valence-corrected chi connectivity index (χ3v) is 4.12. The zero-order valence-corrected chi connectivity index (χ0v) is 17.5. The number of pyridine rings is 1. The SMILES string of the molecule is CCNC(=NCc1cccc2cccnc12)NC(C)c1ccccc1.I. The number of para-hydroxylation sites is 1. The Bertz CT molecular complexity index is 844. The molecule has 0 bridgehead atoms. The first-order chi connectivity index (χ1) is 12.3. The third-order valence-electron chi connectivity index (χ3n) is 4.12. The van der Waals surface area contributed by atoms with E-state index >= 15 is 0 Å². The molecule has 4 nitrogen and oxygen atoms in total. The van der Waals surface area contributed by atoms with Crippen LogP contribution < -0.4 is 10.6 Å². The van der Waals surface area contributed by atoms with E-state index in [0.29, 0.717) is 6.54 Å². The number of hydrogen-bond acceptors (Lipinski definition) is 2. The summed E-state index contributed by atoms with van der Waals surface area (Å²) >= 11 is 0. The Morgan fingerprint density at radius 3 is 2.58 bits per heavy atom. The highest BCUT2D eigenvalue weighted by Gasteiger charge is 2.07. The van der Waals surface area contributed by atoms with Crippen molar-refractivity contribution in [3.63, 3.8) is 0 Å². The lowest BCUT2D eigenvalue weighted by Gasteiger charge is -2.18. The second kappa shape index (κ2) is 10.1. The van der Waals surface area contributed by atoms with Crippen LogP contribution in [0.4, 0.5) is 0 Å². The van der Waals surface area contributed by atoms with Gasteiger partial charge in [-0.15, -0.1) is 24.0 Å². The molecule has 0 aliphatic heterocycles. The van der Waals surface area contributed by atoms with Crippen molar-refractivity contribution in [1.29, 1.82) is 0 Å². The zero-order valence-electron chi connectivity index (χ0n) is 15.1. The van der Waals surface area contributed by atoms with Crippen molar-refractivity contribution in [3.8, 4) is 0 Å². The van der Waals surface area contributed by atoms with Crippen molar-refractivity contribution in [3.05, 3.63) is 78.0 Å². The first-order valence-electron chi connectivity index (χ1n) is 8.70. The predicted octanol–water partition coefficient (Wildman–Crippen LogP) is 4.67. The van der Waals surface area contributed by atoms with Crippen molar-refractivity contribution < 1.29 is 0 Å². The number of benzene rings is 2. The molecule has 1 unspecified atom stereocenters. The molecule has 2 N–H and O–H groups in total. The Kier molecular flexibility index (Phi) is 7.84. The summed E-state index contributed by atoms with van der Waals surface area (Å²) in [6.07, 6.45) is 1.83. The summed E-state index contributed by atoms with van der Waals surface area (Å²) in [5.74, 6) is 0.812. The molecule has 1 aromatic heterocycles. The number of aromatic nitrogens is 1. The van der Waals surface area contributed by atoms with E-state index in [-0.39, 0.29) is 30.0 Å². The van der Waals surface area contributed by atoms with E-state index in [1.807, 2.05) is 18.3 Å². The second-order valence-corrected chi connectivity index (χ2v) is 5.96. The monoisotopic (exact) mass is 460 g/mol. The maximum atomic E-state index is 4.75. The largest absolute Gasteiger partial charge is 0.357 e. The third kappa shape index (κ3) is 5.17. The van der Waals surface area contributed by atoms with Crippen molar-refractivity contribution >= 4 is 40.8 Å². The molecule has 0 radical (unpaired) electrons. The molecule has 1 heterocycles. The molecule has 5 heteroatoms. The number of guanidine groups is 1. The Morgan fingerprint density at radius 1 is 1.04 bits per heavy atom. The van der Waals surface area contributed by atoms with E-state index in [9.17, 15) is 0 Å². The highest BCUT2D eigenvalue weighted by Crippen LogP contribution is 2.17. The van der Waals surface area contributed by atoms with Gasteiger partial charge in [-0.1, -0.05) is 54.6 Å². The van der Waals surface area contributed by atoms with E-state index in [2.05, 4.69) is 78.0 Å². The summed E-state index contributed by atoms with van der Waals surface area (Å²) in [5, 5.41) is 7.94. The summed E-state index contributed by atoms with van der Waals surface area (Å²) in [7, 11) is 0. The molecule has 0 aliphatic carbocycles. The maximum absolute atomic E-state index is 4.75. The van der Waals surface area contributed by atoms with Crippen LogP contribution in [0, 0.1) is 0 Å².